The maximum Gasteiger partial charge on any atom is 0.240 e. The molecule has 2 heterocycles. The van der Waals surface area contributed by atoms with Gasteiger partial charge < -0.3 is 4.90 Å². The van der Waals surface area contributed by atoms with Gasteiger partial charge in [-0.3, -0.25) is 9.00 Å². The number of fused-ring (bicyclic) bond motifs is 2. The lowest BCUT2D eigenvalue weighted by molar-refractivity contribution is -0.116. The van der Waals surface area contributed by atoms with E-state index >= 15 is 0 Å². The Bertz CT molecular complexity index is 902. The summed E-state index contributed by atoms with van der Waals surface area (Å²) in [6, 6.07) is 15.6. The van der Waals surface area contributed by atoms with Crippen molar-refractivity contribution in [3.05, 3.63) is 54.1 Å². The zero-order chi connectivity index (χ0) is 16.5. The zero-order valence-electron chi connectivity index (χ0n) is 13.0. The Morgan fingerprint density at radius 3 is 2.83 bits per heavy atom. The Morgan fingerprint density at radius 1 is 1.17 bits per heavy atom. The highest BCUT2D eigenvalue weighted by Gasteiger charge is 2.24. The van der Waals surface area contributed by atoms with Crippen LogP contribution in [0.2, 0.25) is 0 Å². The second-order valence-electron chi connectivity index (χ2n) is 5.71. The molecule has 0 N–H and O–H groups in total. The van der Waals surface area contributed by atoms with Gasteiger partial charge in [0.1, 0.15) is 5.75 Å². The number of thiazole rings is 1. The number of benzene rings is 2. The third-order valence-electron chi connectivity index (χ3n) is 4.13. The van der Waals surface area contributed by atoms with Gasteiger partial charge in [-0.2, -0.15) is 0 Å². The van der Waals surface area contributed by atoms with Gasteiger partial charge in [0.15, 0.2) is 4.34 Å². The lowest BCUT2D eigenvalue weighted by Gasteiger charge is -2.29. The van der Waals surface area contributed by atoms with Gasteiger partial charge in [0.25, 0.3) is 0 Å². The summed E-state index contributed by atoms with van der Waals surface area (Å²) in [5.41, 5.74) is 2.97. The molecule has 1 aliphatic heterocycles. The van der Waals surface area contributed by atoms with Crippen molar-refractivity contribution in [1.82, 2.24) is 4.98 Å². The molecule has 24 heavy (non-hydrogen) atoms. The lowest BCUT2D eigenvalue weighted by atomic mass is 10.0. The van der Waals surface area contributed by atoms with Crippen molar-refractivity contribution in [2.45, 2.75) is 17.2 Å². The Morgan fingerprint density at radius 2 is 1.96 bits per heavy atom. The summed E-state index contributed by atoms with van der Waals surface area (Å²) < 4.78 is 14.1. The number of aryl methyl sites for hydroxylation is 1. The van der Waals surface area contributed by atoms with Gasteiger partial charge >= 0.3 is 0 Å². The van der Waals surface area contributed by atoms with Gasteiger partial charge in [-0.05, 0) is 36.6 Å². The number of aromatic nitrogens is 1. The predicted molar refractivity (Wildman–Crippen MR) is 98.0 cm³/mol. The average molecular weight is 356 g/mol. The Labute approximate surface area is 146 Å². The summed E-state index contributed by atoms with van der Waals surface area (Å²) in [5.74, 6) is -0.117. The number of carbonyl (C=O) groups is 1. The topological polar surface area (TPSA) is 50.3 Å². The van der Waals surface area contributed by atoms with Gasteiger partial charge in [-0.1, -0.05) is 30.3 Å². The smallest absolute Gasteiger partial charge is 0.240 e. The maximum absolute atomic E-state index is 12.7. The molecule has 6 heteroatoms. The summed E-state index contributed by atoms with van der Waals surface area (Å²) in [6.45, 7) is 0.687. The Hall–Kier alpha value is -2.05. The third kappa shape index (κ3) is 2.87. The first-order valence-electron chi connectivity index (χ1n) is 7.84. The monoisotopic (exact) mass is 356 g/mol. The normalized spacial score (nSPS) is 15.2. The molecular weight excluding hydrogens is 340 g/mol. The second-order valence-corrected chi connectivity index (χ2v) is 8.37. The molecule has 1 aromatic heterocycles. The van der Waals surface area contributed by atoms with Gasteiger partial charge in [0.2, 0.25) is 5.91 Å². The summed E-state index contributed by atoms with van der Waals surface area (Å²) in [5, 5.41) is 0. The van der Waals surface area contributed by atoms with E-state index in [2.05, 4.69) is 11.1 Å². The van der Waals surface area contributed by atoms with Crippen LogP contribution < -0.4 is 4.90 Å². The van der Waals surface area contributed by atoms with Crippen LogP contribution in [0.25, 0.3) is 10.2 Å². The summed E-state index contributed by atoms with van der Waals surface area (Å²) in [4.78, 5) is 18.8. The molecule has 3 aromatic rings. The summed E-state index contributed by atoms with van der Waals surface area (Å²) in [6.07, 6.45) is 1.93. The van der Waals surface area contributed by atoms with Gasteiger partial charge in [-0.25, -0.2) is 4.98 Å². The van der Waals surface area contributed by atoms with E-state index in [9.17, 15) is 9.00 Å². The minimum Gasteiger partial charge on any atom is -0.311 e. The number of amides is 1. The minimum absolute atomic E-state index is 0.0197. The van der Waals surface area contributed by atoms with Crippen molar-refractivity contribution in [3.8, 4) is 0 Å². The van der Waals surface area contributed by atoms with E-state index in [-0.39, 0.29) is 11.7 Å². The molecule has 1 amide bonds. The van der Waals surface area contributed by atoms with Gasteiger partial charge in [-0.15, -0.1) is 11.3 Å². The Balaban J connectivity index is 1.55. The molecule has 0 fully saturated rings. The number of carbonyl (C=O) groups excluding carboxylic acids is 1. The fraction of sp³-hybridized carbons (Fsp3) is 0.222. The number of nitrogens with zero attached hydrogens (tertiary/aromatic N) is 2. The highest BCUT2D eigenvalue weighted by Crippen LogP contribution is 2.28. The van der Waals surface area contributed by atoms with E-state index in [0.717, 1.165) is 28.7 Å². The van der Waals surface area contributed by atoms with E-state index in [4.69, 9.17) is 0 Å². The van der Waals surface area contributed by atoms with E-state index in [1.165, 1.54) is 16.9 Å². The van der Waals surface area contributed by atoms with Crippen molar-refractivity contribution in [1.29, 1.82) is 0 Å². The quantitative estimate of drug-likeness (QED) is 0.723. The number of anilines is 1. The molecule has 0 bridgehead atoms. The largest absolute Gasteiger partial charge is 0.311 e. The van der Waals surface area contributed by atoms with Crippen LogP contribution >= 0.6 is 11.3 Å². The third-order valence-corrected chi connectivity index (χ3v) is 6.76. The maximum atomic E-state index is 12.7. The molecule has 4 nitrogen and oxygen atoms in total. The number of hydrogen-bond donors (Lipinski definition) is 0. The fourth-order valence-electron chi connectivity index (χ4n) is 2.99. The molecule has 4 rings (SSSR count). The minimum atomic E-state index is -1.41. The first-order chi connectivity index (χ1) is 11.7. The number of rotatable bonds is 3. The first-order valence-corrected chi connectivity index (χ1v) is 9.98. The van der Waals surface area contributed by atoms with Crippen LogP contribution in [0.5, 0.6) is 0 Å². The molecular formula is C18H16N2O2S2. The van der Waals surface area contributed by atoms with E-state index in [1.807, 2.05) is 42.5 Å². The highest BCUT2D eigenvalue weighted by atomic mass is 32.2. The fourth-order valence-corrected chi connectivity index (χ4v) is 5.21. The molecule has 1 atom stereocenters. The molecule has 0 saturated heterocycles. The van der Waals surface area contributed by atoms with Crippen LogP contribution in [0.3, 0.4) is 0 Å². The van der Waals surface area contributed by atoms with Crippen molar-refractivity contribution in [2.75, 3.05) is 17.2 Å². The molecule has 122 valence electrons. The molecule has 0 spiro atoms. The highest BCUT2D eigenvalue weighted by molar-refractivity contribution is 7.88. The van der Waals surface area contributed by atoms with Crippen molar-refractivity contribution < 1.29 is 9.00 Å². The number of hydrogen-bond acceptors (Lipinski definition) is 4. The zero-order valence-corrected chi connectivity index (χ0v) is 14.6. The molecule has 1 aliphatic rings. The SMILES string of the molecule is O=C(C[S@@](=O)c1nc2ccccc2s1)N1CCCc2ccccc21. The summed E-state index contributed by atoms with van der Waals surface area (Å²) in [7, 11) is -1.41. The molecule has 2 aromatic carbocycles. The predicted octanol–water partition coefficient (Wildman–Crippen LogP) is 3.38. The van der Waals surface area contributed by atoms with E-state index in [0.29, 0.717) is 10.9 Å². The van der Waals surface area contributed by atoms with Crippen LogP contribution in [0.1, 0.15) is 12.0 Å². The van der Waals surface area contributed by atoms with Gasteiger partial charge in [0.05, 0.1) is 21.0 Å². The molecule has 0 radical (unpaired) electrons. The van der Waals surface area contributed by atoms with Crippen molar-refractivity contribution >= 4 is 43.9 Å². The van der Waals surface area contributed by atoms with E-state index < -0.39 is 10.8 Å². The van der Waals surface area contributed by atoms with Crippen LogP contribution in [0.4, 0.5) is 5.69 Å². The van der Waals surface area contributed by atoms with Crippen LogP contribution in [0.15, 0.2) is 52.9 Å². The first kappa shape index (κ1) is 15.5. The van der Waals surface area contributed by atoms with E-state index in [1.54, 1.807) is 4.90 Å². The molecule has 0 saturated carbocycles. The van der Waals surface area contributed by atoms with Crippen LogP contribution in [-0.4, -0.2) is 27.4 Å². The average Bonchev–Trinajstić information content (AvgIpc) is 3.05. The van der Waals surface area contributed by atoms with Crippen LogP contribution in [-0.2, 0) is 22.0 Å². The number of para-hydroxylation sites is 2. The molecule has 0 unspecified atom stereocenters. The van der Waals surface area contributed by atoms with Crippen molar-refractivity contribution in [2.24, 2.45) is 0 Å². The second kappa shape index (κ2) is 6.45. The van der Waals surface area contributed by atoms with Gasteiger partial charge in [0, 0.05) is 12.2 Å². The molecule has 0 aliphatic carbocycles. The standard InChI is InChI=1S/C18H16N2O2S2/c21-17(20-11-5-7-13-6-1-3-9-15(13)20)12-24(22)18-19-14-8-2-4-10-16(14)23-18/h1-4,6,8-10H,5,7,11-12H2/t24-/m1/s1. The Kier molecular flexibility index (Phi) is 4.16. The summed E-state index contributed by atoms with van der Waals surface area (Å²) >= 11 is 1.40. The van der Waals surface area contributed by atoms with Crippen LogP contribution in [0, 0.1) is 0 Å². The lowest BCUT2D eigenvalue weighted by Crippen LogP contribution is -2.38. The van der Waals surface area contributed by atoms with Crippen molar-refractivity contribution in [3.63, 3.8) is 0 Å².